The molecule has 0 atom stereocenters. The Balaban J connectivity index is 4.44. The van der Waals surface area contributed by atoms with Crippen LogP contribution in [0.15, 0.2) is 0 Å². The van der Waals surface area contributed by atoms with Crippen LogP contribution >= 0.6 is 0 Å². The predicted octanol–water partition coefficient (Wildman–Crippen LogP) is -0.644. The topological polar surface area (TPSA) is 91.8 Å². The number of hydrogen-bond acceptors (Lipinski definition) is 3. The average molecular weight is 185 g/mol. The quantitative estimate of drug-likeness (QED) is 0.207. The van der Waals surface area contributed by atoms with Crippen LogP contribution in [0.2, 0.25) is 0 Å². The number of rotatable bonds is 4. The van der Waals surface area contributed by atoms with Crippen LogP contribution in [0.1, 0.15) is 13.8 Å². The lowest BCUT2D eigenvalue weighted by molar-refractivity contribution is -0.142. The highest BCUT2D eigenvalue weighted by Crippen LogP contribution is 1.81. The molecule has 0 aliphatic heterocycles. The standard InChI is InChI=1S/C7H11N3O3/c1-3-9-6(11)5(10-8)7(12)13-4-2/h3-4H2,1-2H3,(H,9,11). The average Bonchev–Trinajstić information content (AvgIpc) is 2.06. The minimum atomic E-state index is -0.934. The van der Waals surface area contributed by atoms with Crippen LogP contribution in [0.3, 0.4) is 0 Å². The van der Waals surface area contributed by atoms with Crippen LogP contribution in [-0.2, 0) is 14.3 Å². The molecule has 0 unspecified atom stereocenters. The maximum atomic E-state index is 11.0. The molecule has 0 heterocycles. The van der Waals surface area contributed by atoms with Crippen molar-refractivity contribution < 1.29 is 19.1 Å². The van der Waals surface area contributed by atoms with Crippen LogP contribution in [0.5, 0.6) is 0 Å². The molecular weight excluding hydrogens is 174 g/mol. The van der Waals surface area contributed by atoms with Crippen molar-refractivity contribution in [2.75, 3.05) is 13.2 Å². The Labute approximate surface area is 75.5 Å². The van der Waals surface area contributed by atoms with Gasteiger partial charge in [-0.15, -0.1) is 0 Å². The van der Waals surface area contributed by atoms with E-state index in [4.69, 9.17) is 5.53 Å². The van der Waals surface area contributed by atoms with Gasteiger partial charge in [-0.2, -0.15) is 4.79 Å². The molecule has 0 rings (SSSR count). The van der Waals surface area contributed by atoms with Crippen molar-refractivity contribution in [2.45, 2.75) is 13.8 Å². The minimum Gasteiger partial charge on any atom is -0.457 e. The van der Waals surface area contributed by atoms with Crippen LogP contribution < -0.4 is 5.32 Å². The van der Waals surface area contributed by atoms with Crippen LogP contribution in [-0.4, -0.2) is 35.5 Å². The largest absolute Gasteiger partial charge is 0.462 e. The molecule has 0 saturated heterocycles. The summed E-state index contributed by atoms with van der Waals surface area (Å²) in [4.78, 5) is 24.5. The number of carbonyl (C=O) groups excluding carboxylic acids is 2. The summed E-state index contributed by atoms with van der Waals surface area (Å²) in [6, 6.07) is 0. The van der Waals surface area contributed by atoms with Crippen LogP contribution in [0.4, 0.5) is 0 Å². The van der Waals surface area contributed by atoms with Gasteiger partial charge in [0, 0.05) is 6.54 Å². The fraction of sp³-hybridized carbons (Fsp3) is 0.571. The molecular formula is C7H11N3O3. The van der Waals surface area contributed by atoms with Gasteiger partial charge in [0.15, 0.2) is 0 Å². The van der Waals surface area contributed by atoms with Gasteiger partial charge in [-0.05, 0) is 13.8 Å². The van der Waals surface area contributed by atoms with Gasteiger partial charge in [0.05, 0.1) is 6.61 Å². The summed E-state index contributed by atoms with van der Waals surface area (Å²) < 4.78 is 4.47. The molecule has 6 nitrogen and oxygen atoms in total. The Morgan fingerprint density at radius 2 is 2.08 bits per heavy atom. The second-order valence-corrected chi connectivity index (χ2v) is 2.03. The summed E-state index contributed by atoms with van der Waals surface area (Å²) in [5.41, 5.74) is 7.71. The number of nitrogens with one attached hydrogen (secondary N) is 1. The lowest BCUT2D eigenvalue weighted by Crippen LogP contribution is -2.37. The number of esters is 1. The molecule has 0 aromatic heterocycles. The maximum absolute atomic E-state index is 11.0. The number of nitrogens with zero attached hydrogens (tertiary/aromatic N) is 2. The fourth-order valence-electron chi connectivity index (χ4n) is 0.623. The highest BCUT2D eigenvalue weighted by Gasteiger charge is 2.30. The van der Waals surface area contributed by atoms with Gasteiger partial charge >= 0.3 is 17.6 Å². The highest BCUT2D eigenvalue weighted by molar-refractivity contribution is 6.61. The molecule has 0 fully saturated rings. The SMILES string of the molecule is CCNC(=O)C(=[N+]=[N-])C(=O)OCC. The van der Waals surface area contributed by atoms with Crippen molar-refractivity contribution in [1.82, 2.24) is 5.32 Å². The zero-order valence-electron chi connectivity index (χ0n) is 7.53. The van der Waals surface area contributed by atoms with E-state index in [-0.39, 0.29) is 6.61 Å². The number of amides is 1. The van der Waals surface area contributed by atoms with E-state index < -0.39 is 17.6 Å². The molecule has 0 aliphatic rings. The van der Waals surface area contributed by atoms with Gasteiger partial charge in [0.2, 0.25) is 0 Å². The first-order chi connectivity index (χ1) is 6.17. The van der Waals surface area contributed by atoms with Crippen molar-refractivity contribution in [1.29, 1.82) is 0 Å². The first kappa shape index (κ1) is 11.3. The summed E-state index contributed by atoms with van der Waals surface area (Å²) in [5.74, 6) is -1.68. The molecule has 1 amide bonds. The summed E-state index contributed by atoms with van der Waals surface area (Å²) >= 11 is 0. The minimum absolute atomic E-state index is 0.122. The van der Waals surface area contributed by atoms with Gasteiger partial charge in [0.25, 0.3) is 0 Å². The third-order valence-corrected chi connectivity index (χ3v) is 1.12. The van der Waals surface area contributed by atoms with E-state index in [0.29, 0.717) is 6.54 Å². The molecule has 1 N–H and O–H groups in total. The van der Waals surface area contributed by atoms with Gasteiger partial charge in [0.1, 0.15) is 0 Å². The van der Waals surface area contributed by atoms with Gasteiger partial charge in [-0.25, -0.2) is 4.79 Å². The monoisotopic (exact) mass is 185 g/mol. The Bertz CT molecular complexity index is 236. The molecule has 0 aromatic rings. The third kappa shape index (κ3) is 3.48. The second kappa shape index (κ2) is 5.91. The van der Waals surface area contributed by atoms with Crippen molar-refractivity contribution in [3.8, 4) is 0 Å². The first-order valence-electron chi connectivity index (χ1n) is 3.84. The van der Waals surface area contributed by atoms with E-state index in [0.717, 1.165) is 0 Å². The van der Waals surface area contributed by atoms with Crippen molar-refractivity contribution in [3.05, 3.63) is 5.53 Å². The van der Waals surface area contributed by atoms with Gasteiger partial charge in [-0.1, -0.05) is 0 Å². The predicted molar refractivity (Wildman–Crippen MR) is 43.9 cm³/mol. The van der Waals surface area contributed by atoms with E-state index in [1.165, 1.54) is 0 Å². The maximum Gasteiger partial charge on any atom is 0.462 e. The van der Waals surface area contributed by atoms with Crippen molar-refractivity contribution in [3.63, 3.8) is 0 Å². The van der Waals surface area contributed by atoms with E-state index >= 15 is 0 Å². The summed E-state index contributed by atoms with van der Waals surface area (Å²) in [6.45, 7) is 3.73. The first-order valence-corrected chi connectivity index (χ1v) is 3.84. The molecule has 0 radical (unpaired) electrons. The van der Waals surface area contributed by atoms with Crippen LogP contribution in [0, 0.1) is 0 Å². The molecule has 0 aromatic carbocycles. The summed E-state index contributed by atoms with van der Waals surface area (Å²) in [5, 5.41) is 2.31. The molecule has 0 spiro atoms. The normalized spacial score (nSPS) is 8.46. The Morgan fingerprint density at radius 3 is 2.46 bits per heavy atom. The van der Waals surface area contributed by atoms with E-state index in [1.807, 2.05) is 0 Å². The molecule has 0 aliphatic carbocycles. The molecule has 72 valence electrons. The van der Waals surface area contributed by atoms with Crippen molar-refractivity contribution >= 4 is 17.6 Å². The van der Waals surface area contributed by atoms with Crippen molar-refractivity contribution in [2.24, 2.45) is 0 Å². The number of ether oxygens (including phenoxy) is 1. The van der Waals surface area contributed by atoms with E-state index in [1.54, 1.807) is 13.8 Å². The van der Waals surface area contributed by atoms with Gasteiger partial charge < -0.3 is 15.6 Å². The number of carbonyl (C=O) groups is 2. The molecule has 13 heavy (non-hydrogen) atoms. The highest BCUT2D eigenvalue weighted by atomic mass is 16.5. The Hall–Kier alpha value is -1.68. The zero-order chi connectivity index (χ0) is 10.3. The van der Waals surface area contributed by atoms with Crippen LogP contribution in [0.25, 0.3) is 5.53 Å². The molecule has 0 saturated carbocycles. The fourth-order valence-corrected chi connectivity index (χ4v) is 0.623. The second-order valence-electron chi connectivity index (χ2n) is 2.03. The zero-order valence-corrected chi connectivity index (χ0v) is 7.53. The summed E-state index contributed by atoms with van der Waals surface area (Å²) in [7, 11) is 0. The van der Waals surface area contributed by atoms with E-state index in [2.05, 4.69) is 14.8 Å². The summed E-state index contributed by atoms with van der Waals surface area (Å²) in [6.07, 6.45) is 0. The smallest absolute Gasteiger partial charge is 0.457 e. The third-order valence-electron chi connectivity index (χ3n) is 1.12. The Morgan fingerprint density at radius 1 is 1.46 bits per heavy atom. The lowest BCUT2D eigenvalue weighted by Gasteiger charge is -1.97. The van der Waals surface area contributed by atoms with E-state index in [9.17, 15) is 9.59 Å². The lowest BCUT2D eigenvalue weighted by atomic mass is 10.3. The molecule has 6 heteroatoms. The Kier molecular flexibility index (Phi) is 5.14. The number of hydrogen-bond donors (Lipinski definition) is 1. The molecule has 0 bridgehead atoms. The van der Waals surface area contributed by atoms with Gasteiger partial charge in [-0.3, -0.25) is 4.79 Å².